The van der Waals surface area contributed by atoms with Crippen molar-refractivity contribution < 1.29 is 18.0 Å². The average molecular weight is 493 g/mol. The van der Waals surface area contributed by atoms with Gasteiger partial charge in [0.15, 0.2) is 0 Å². The van der Waals surface area contributed by atoms with Crippen LogP contribution in [0.25, 0.3) is 0 Å². The summed E-state index contributed by atoms with van der Waals surface area (Å²) in [6.45, 7) is 2.32. The smallest absolute Gasteiger partial charge is 0.252 e. The lowest BCUT2D eigenvalue weighted by Gasteiger charge is -2.34. The molecule has 0 aromatic carbocycles. The Morgan fingerprint density at radius 1 is 1.21 bits per heavy atom. The van der Waals surface area contributed by atoms with E-state index in [9.17, 15) is 18.0 Å². The predicted octanol–water partition coefficient (Wildman–Crippen LogP) is 0.977. The highest BCUT2D eigenvalue weighted by atomic mass is 79.9. The number of piperidine rings is 2. The number of hydrogen-bond acceptors (Lipinski definition) is 6. The second-order valence-electron chi connectivity index (χ2n) is 7.29. The maximum atomic E-state index is 12.8. The van der Waals surface area contributed by atoms with Gasteiger partial charge < -0.3 is 11.1 Å². The molecule has 3 N–H and O–H groups in total. The molecule has 0 aliphatic carbocycles. The van der Waals surface area contributed by atoms with Crippen LogP contribution in [0.5, 0.6) is 0 Å². The maximum Gasteiger partial charge on any atom is 0.252 e. The number of nitrogens with zero attached hydrogens (tertiary/aromatic N) is 2. The highest BCUT2D eigenvalue weighted by Crippen LogP contribution is 2.31. The lowest BCUT2D eigenvalue weighted by atomic mass is 9.97. The molecule has 0 saturated carbocycles. The largest absolute Gasteiger partial charge is 0.369 e. The van der Waals surface area contributed by atoms with Gasteiger partial charge in [0.05, 0.1) is 16.2 Å². The molecule has 8 nitrogen and oxygen atoms in total. The number of nitrogens with two attached hydrogens (primary N) is 1. The monoisotopic (exact) mass is 492 g/mol. The minimum atomic E-state index is -3.57. The predicted molar refractivity (Wildman–Crippen MR) is 110 cm³/mol. The molecule has 2 amide bonds. The number of amides is 2. The SMILES string of the molecule is NC(=O)CN1CCC(NC(=O)C2CCCN(S(=O)(=O)c3ccc(Br)s3)C2)CC1. The molecule has 0 radical (unpaired) electrons. The molecule has 1 aromatic heterocycles. The number of likely N-dealkylation sites (tertiary alicyclic amines) is 1. The van der Waals surface area contributed by atoms with Crippen LogP contribution in [0.4, 0.5) is 0 Å². The summed E-state index contributed by atoms with van der Waals surface area (Å²) in [5, 5.41) is 3.07. The van der Waals surface area contributed by atoms with Crippen molar-refractivity contribution in [3.05, 3.63) is 15.9 Å². The summed E-state index contributed by atoms with van der Waals surface area (Å²) in [4.78, 5) is 25.7. The molecule has 2 fully saturated rings. The molecule has 0 spiro atoms. The van der Waals surface area contributed by atoms with Crippen LogP contribution in [0.15, 0.2) is 20.1 Å². The fourth-order valence-electron chi connectivity index (χ4n) is 3.71. The van der Waals surface area contributed by atoms with Crippen molar-refractivity contribution in [1.82, 2.24) is 14.5 Å². The van der Waals surface area contributed by atoms with Crippen molar-refractivity contribution in [3.8, 4) is 0 Å². The third-order valence-electron chi connectivity index (χ3n) is 5.21. The van der Waals surface area contributed by atoms with Gasteiger partial charge in [0.2, 0.25) is 11.8 Å². The first-order valence-corrected chi connectivity index (χ1v) is 12.4. The van der Waals surface area contributed by atoms with Gasteiger partial charge in [-0.1, -0.05) is 0 Å². The molecule has 2 aliphatic heterocycles. The van der Waals surface area contributed by atoms with E-state index < -0.39 is 10.0 Å². The summed E-state index contributed by atoms with van der Waals surface area (Å²) in [5.41, 5.74) is 5.22. The van der Waals surface area contributed by atoms with Gasteiger partial charge in [-0.2, -0.15) is 4.31 Å². The number of sulfonamides is 1. The van der Waals surface area contributed by atoms with E-state index in [-0.39, 0.29) is 36.9 Å². The second kappa shape index (κ2) is 9.21. The molecule has 28 heavy (non-hydrogen) atoms. The first kappa shape index (κ1) is 21.7. The molecule has 3 rings (SSSR count). The number of primary amides is 1. The van der Waals surface area contributed by atoms with Crippen molar-refractivity contribution in [2.75, 3.05) is 32.7 Å². The molecule has 11 heteroatoms. The van der Waals surface area contributed by atoms with Crippen molar-refractivity contribution in [1.29, 1.82) is 0 Å². The summed E-state index contributed by atoms with van der Waals surface area (Å²) >= 11 is 4.48. The van der Waals surface area contributed by atoms with Gasteiger partial charge in [0, 0.05) is 32.2 Å². The van der Waals surface area contributed by atoms with Gasteiger partial charge >= 0.3 is 0 Å². The number of thiophene rings is 1. The van der Waals surface area contributed by atoms with Gasteiger partial charge in [-0.15, -0.1) is 11.3 Å². The quantitative estimate of drug-likeness (QED) is 0.614. The zero-order chi connectivity index (χ0) is 20.3. The number of carbonyl (C=O) groups excluding carboxylic acids is 2. The average Bonchev–Trinajstić information content (AvgIpc) is 3.10. The Kier molecular flexibility index (Phi) is 7.13. The van der Waals surface area contributed by atoms with Crippen LogP contribution >= 0.6 is 27.3 Å². The van der Waals surface area contributed by atoms with E-state index in [4.69, 9.17) is 5.73 Å². The van der Waals surface area contributed by atoms with Crippen molar-refractivity contribution in [3.63, 3.8) is 0 Å². The molecule has 2 saturated heterocycles. The summed E-state index contributed by atoms with van der Waals surface area (Å²) in [7, 11) is -3.57. The van der Waals surface area contributed by atoms with Crippen LogP contribution in [0.3, 0.4) is 0 Å². The summed E-state index contributed by atoms with van der Waals surface area (Å²) in [6, 6.07) is 3.36. The second-order valence-corrected chi connectivity index (χ2v) is 11.9. The van der Waals surface area contributed by atoms with E-state index >= 15 is 0 Å². The third-order valence-corrected chi connectivity index (χ3v) is 9.17. The van der Waals surface area contributed by atoms with Crippen LogP contribution < -0.4 is 11.1 Å². The van der Waals surface area contributed by atoms with E-state index in [0.717, 1.165) is 16.6 Å². The fourth-order valence-corrected chi connectivity index (χ4v) is 7.40. The Morgan fingerprint density at radius 3 is 2.54 bits per heavy atom. The fraction of sp³-hybridized carbons (Fsp3) is 0.647. The lowest BCUT2D eigenvalue weighted by Crippen LogP contribution is -2.50. The van der Waals surface area contributed by atoms with Crippen LogP contribution in [0, 0.1) is 5.92 Å². The van der Waals surface area contributed by atoms with Gasteiger partial charge in [-0.05, 0) is 53.7 Å². The Balaban J connectivity index is 1.54. The van der Waals surface area contributed by atoms with E-state index in [0.29, 0.717) is 36.7 Å². The number of hydrogen-bond donors (Lipinski definition) is 2. The zero-order valence-electron chi connectivity index (χ0n) is 15.5. The first-order valence-electron chi connectivity index (χ1n) is 9.32. The molecule has 2 aliphatic rings. The standard InChI is InChI=1S/C17H25BrN4O4S2/c18-14-3-4-16(27-14)28(25,26)22-7-1-2-12(10-22)17(24)20-13-5-8-21(9-6-13)11-15(19)23/h3-4,12-13H,1-2,5-11H2,(H2,19,23)(H,20,24). The van der Waals surface area contributed by atoms with Crippen LogP contribution in [0.2, 0.25) is 0 Å². The van der Waals surface area contributed by atoms with Crippen molar-refractivity contribution in [2.24, 2.45) is 11.7 Å². The summed E-state index contributed by atoms with van der Waals surface area (Å²) in [6.07, 6.45) is 2.88. The van der Waals surface area contributed by atoms with Crippen molar-refractivity contribution >= 4 is 49.1 Å². The maximum absolute atomic E-state index is 12.8. The van der Waals surface area contributed by atoms with E-state index in [1.54, 1.807) is 12.1 Å². The lowest BCUT2D eigenvalue weighted by molar-refractivity contribution is -0.127. The van der Waals surface area contributed by atoms with Gasteiger partial charge in [0.1, 0.15) is 4.21 Å². The molecule has 1 aromatic rings. The van der Waals surface area contributed by atoms with E-state index in [2.05, 4.69) is 21.2 Å². The van der Waals surface area contributed by atoms with Crippen LogP contribution in [-0.2, 0) is 19.6 Å². The number of halogens is 1. The Labute approximate surface area is 177 Å². The molecule has 156 valence electrons. The van der Waals surface area contributed by atoms with Gasteiger partial charge in [-0.3, -0.25) is 14.5 Å². The molecule has 0 bridgehead atoms. The number of nitrogens with one attached hydrogen (secondary N) is 1. The van der Waals surface area contributed by atoms with E-state index in [1.807, 2.05) is 4.90 Å². The third kappa shape index (κ3) is 5.32. The number of rotatable bonds is 6. The molecular formula is C17H25BrN4O4S2. The Hall–Kier alpha value is -1.01. The highest BCUT2D eigenvalue weighted by molar-refractivity contribution is 9.11. The summed E-state index contributed by atoms with van der Waals surface area (Å²) < 4.78 is 28.1. The molecule has 1 unspecified atom stereocenters. The van der Waals surface area contributed by atoms with Crippen molar-refractivity contribution in [2.45, 2.75) is 35.9 Å². The van der Waals surface area contributed by atoms with Gasteiger partial charge in [-0.25, -0.2) is 8.42 Å². The molecular weight excluding hydrogens is 468 g/mol. The summed E-state index contributed by atoms with van der Waals surface area (Å²) in [5.74, 6) is -0.764. The first-order chi connectivity index (χ1) is 13.3. The topological polar surface area (TPSA) is 113 Å². The number of carbonyl (C=O) groups is 2. The molecule has 3 heterocycles. The van der Waals surface area contributed by atoms with Crippen LogP contribution in [0.1, 0.15) is 25.7 Å². The molecule has 1 atom stereocenters. The Morgan fingerprint density at radius 2 is 1.93 bits per heavy atom. The zero-order valence-corrected chi connectivity index (χ0v) is 18.7. The van der Waals surface area contributed by atoms with E-state index in [1.165, 1.54) is 15.6 Å². The van der Waals surface area contributed by atoms with Gasteiger partial charge in [0.25, 0.3) is 10.0 Å². The highest BCUT2D eigenvalue weighted by Gasteiger charge is 2.35. The Bertz CT molecular complexity index is 821. The minimum Gasteiger partial charge on any atom is -0.369 e. The minimum absolute atomic E-state index is 0.0526. The normalized spacial score (nSPS) is 22.8. The van der Waals surface area contributed by atoms with Crippen LogP contribution in [-0.4, -0.2) is 68.2 Å².